The van der Waals surface area contributed by atoms with Crippen LogP contribution in [-0.4, -0.2) is 100 Å². The fourth-order valence-electron chi connectivity index (χ4n) is 3.65. The van der Waals surface area contributed by atoms with Gasteiger partial charge in [0.1, 0.15) is 0 Å². The molecule has 2 saturated heterocycles. The third-order valence-corrected chi connectivity index (χ3v) is 5.44. The number of carbonyl (C=O) groups excluding carboxylic acids is 1. The number of carbonyl (C=O) groups is 1. The summed E-state index contributed by atoms with van der Waals surface area (Å²) in [4.78, 5) is 19.0. The molecule has 2 aliphatic rings. The van der Waals surface area contributed by atoms with Crippen molar-refractivity contribution in [3.8, 4) is 0 Å². The standard InChI is InChI=1S/C17H31N7O2/c1-21-7-4-3-5-15(21)13-22(2)17(25)6-8-24-16(18-19-20-24)14-23-9-11-26-12-10-23/h15H,3-14H2,1-2H3. The molecular formula is C17H31N7O2. The van der Waals surface area contributed by atoms with E-state index in [0.717, 1.165) is 45.2 Å². The van der Waals surface area contributed by atoms with Gasteiger partial charge in [0.05, 0.1) is 26.3 Å². The summed E-state index contributed by atoms with van der Waals surface area (Å²) in [6.45, 7) is 6.44. The Balaban J connectivity index is 1.46. The van der Waals surface area contributed by atoms with Crippen LogP contribution >= 0.6 is 0 Å². The highest BCUT2D eigenvalue weighted by Gasteiger charge is 2.22. The zero-order valence-corrected chi connectivity index (χ0v) is 16.0. The molecule has 1 unspecified atom stereocenters. The summed E-state index contributed by atoms with van der Waals surface area (Å²) in [6, 6.07) is 0.475. The first kappa shape index (κ1) is 19.2. The van der Waals surface area contributed by atoms with E-state index in [0.29, 0.717) is 25.6 Å². The number of ether oxygens (including phenoxy) is 1. The van der Waals surface area contributed by atoms with Crippen LogP contribution in [0.4, 0.5) is 0 Å². The molecule has 1 atom stereocenters. The number of likely N-dealkylation sites (N-methyl/N-ethyl adjacent to an activating group) is 2. The summed E-state index contributed by atoms with van der Waals surface area (Å²) in [5, 5.41) is 12.0. The molecule has 9 nitrogen and oxygen atoms in total. The van der Waals surface area contributed by atoms with Crippen LogP contribution < -0.4 is 0 Å². The number of morpholine rings is 1. The molecule has 26 heavy (non-hydrogen) atoms. The number of piperidine rings is 1. The number of nitrogens with zero attached hydrogens (tertiary/aromatic N) is 7. The molecule has 0 aromatic carbocycles. The number of hydrogen-bond acceptors (Lipinski definition) is 7. The van der Waals surface area contributed by atoms with Gasteiger partial charge in [-0.1, -0.05) is 6.42 Å². The summed E-state index contributed by atoms with van der Waals surface area (Å²) < 4.78 is 7.13. The van der Waals surface area contributed by atoms with Gasteiger partial charge >= 0.3 is 0 Å². The van der Waals surface area contributed by atoms with E-state index in [9.17, 15) is 4.79 Å². The van der Waals surface area contributed by atoms with Crippen LogP contribution in [0, 0.1) is 0 Å². The van der Waals surface area contributed by atoms with Crippen molar-refractivity contribution < 1.29 is 9.53 Å². The van der Waals surface area contributed by atoms with Gasteiger partial charge in [0.25, 0.3) is 0 Å². The Morgan fingerprint density at radius 3 is 2.85 bits per heavy atom. The first-order valence-corrected chi connectivity index (χ1v) is 9.63. The molecule has 0 bridgehead atoms. The van der Waals surface area contributed by atoms with Crippen molar-refractivity contribution in [2.24, 2.45) is 0 Å². The van der Waals surface area contributed by atoms with Gasteiger partial charge in [-0.3, -0.25) is 9.69 Å². The van der Waals surface area contributed by atoms with E-state index in [1.54, 1.807) is 4.68 Å². The van der Waals surface area contributed by atoms with Crippen LogP contribution in [0.3, 0.4) is 0 Å². The van der Waals surface area contributed by atoms with Gasteiger partial charge < -0.3 is 14.5 Å². The molecule has 1 amide bonds. The van der Waals surface area contributed by atoms with E-state index < -0.39 is 0 Å². The molecule has 0 aliphatic carbocycles. The van der Waals surface area contributed by atoms with Gasteiger partial charge in [-0.25, -0.2) is 4.68 Å². The number of hydrogen-bond donors (Lipinski definition) is 0. The number of aromatic nitrogens is 4. The first-order chi connectivity index (χ1) is 12.6. The summed E-state index contributed by atoms with van der Waals surface area (Å²) in [5.41, 5.74) is 0. The van der Waals surface area contributed by atoms with Crippen molar-refractivity contribution in [2.75, 3.05) is 53.5 Å². The molecule has 0 spiro atoms. The lowest BCUT2D eigenvalue weighted by molar-refractivity contribution is -0.131. The van der Waals surface area contributed by atoms with Crippen LogP contribution in [-0.2, 0) is 22.6 Å². The van der Waals surface area contributed by atoms with Crippen LogP contribution in [0.2, 0.25) is 0 Å². The third-order valence-electron chi connectivity index (χ3n) is 5.44. The summed E-state index contributed by atoms with van der Waals surface area (Å²) >= 11 is 0. The Hall–Kier alpha value is -1.58. The smallest absolute Gasteiger partial charge is 0.224 e. The van der Waals surface area contributed by atoms with E-state index in [-0.39, 0.29) is 5.91 Å². The third kappa shape index (κ3) is 5.21. The Bertz CT molecular complexity index is 573. The highest BCUT2D eigenvalue weighted by atomic mass is 16.5. The quantitative estimate of drug-likeness (QED) is 0.664. The minimum Gasteiger partial charge on any atom is -0.379 e. The maximum atomic E-state index is 12.5. The minimum absolute atomic E-state index is 0.150. The van der Waals surface area contributed by atoms with E-state index in [2.05, 4.69) is 32.4 Å². The predicted molar refractivity (Wildman–Crippen MR) is 96.4 cm³/mol. The van der Waals surface area contributed by atoms with E-state index >= 15 is 0 Å². The van der Waals surface area contributed by atoms with E-state index in [1.165, 1.54) is 19.3 Å². The Morgan fingerprint density at radius 2 is 2.08 bits per heavy atom. The Morgan fingerprint density at radius 1 is 1.27 bits per heavy atom. The normalized spacial score (nSPS) is 22.5. The molecule has 1 aromatic rings. The second kappa shape index (κ2) is 9.38. The molecular weight excluding hydrogens is 334 g/mol. The Labute approximate surface area is 155 Å². The van der Waals surface area contributed by atoms with Gasteiger partial charge in [0, 0.05) is 39.1 Å². The molecule has 0 radical (unpaired) electrons. The van der Waals surface area contributed by atoms with E-state index in [4.69, 9.17) is 4.74 Å². The van der Waals surface area contributed by atoms with Gasteiger partial charge in [-0.15, -0.1) is 5.10 Å². The van der Waals surface area contributed by atoms with E-state index in [1.807, 2.05) is 11.9 Å². The molecule has 3 rings (SSSR count). The average molecular weight is 365 g/mol. The number of amides is 1. The second-order valence-corrected chi connectivity index (χ2v) is 7.36. The van der Waals surface area contributed by atoms with Crippen LogP contribution in [0.25, 0.3) is 0 Å². The SMILES string of the molecule is CN(CC1CCCCN1C)C(=O)CCn1nnnc1CN1CCOCC1. The largest absolute Gasteiger partial charge is 0.379 e. The molecule has 9 heteroatoms. The minimum atomic E-state index is 0.150. The predicted octanol–water partition coefficient (Wildman–Crippen LogP) is -0.162. The fourth-order valence-corrected chi connectivity index (χ4v) is 3.65. The lowest BCUT2D eigenvalue weighted by atomic mass is 10.0. The van der Waals surface area contributed by atoms with Crippen molar-refractivity contribution in [3.63, 3.8) is 0 Å². The fraction of sp³-hybridized carbons (Fsp3) is 0.882. The van der Waals surface area contributed by atoms with Gasteiger partial charge in [-0.05, 0) is 36.9 Å². The van der Waals surface area contributed by atoms with Gasteiger partial charge in [0.15, 0.2) is 5.82 Å². The summed E-state index contributed by atoms with van der Waals surface area (Å²) in [5.74, 6) is 0.964. The highest BCUT2D eigenvalue weighted by molar-refractivity contribution is 5.75. The number of tetrazole rings is 1. The van der Waals surface area contributed by atoms with Gasteiger partial charge in [0.2, 0.25) is 5.91 Å². The molecule has 146 valence electrons. The van der Waals surface area contributed by atoms with Crippen molar-refractivity contribution in [2.45, 2.75) is 44.8 Å². The number of rotatable bonds is 7. The first-order valence-electron chi connectivity index (χ1n) is 9.63. The molecule has 3 heterocycles. The van der Waals surface area contributed by atoms with Crippen molar-refractivity contribution >= 4 is 5.91 Å². The summed E-state index contributed by atoms with van der Waals surface area (Å²) in [7, 11) is 4.06. The molecule has 1 aromatic heterocycles. The topological polar surface area (TPSA) is 79.6 Å². The molecule has 0 N–H and O–H groups in total. The molecule has 0 saturated carbocycles. The maximum Gasteiger partial charge on any atom is 0.224 e. The van der Waals surface area contributed by atoms with Crippen LogP contribution in [0.15, 0.2) is 0 Å². The van der Waals surface area contributed by atoms with Crippen LogP contribution in [0.5, 0.6) is 0 Å². The average Bonchev–Trinajstić information content (AvgIpc) is 3.09. The van der Waals surface area contributed by atoms with Crippen molar-refractivity contribution in [1.29, 1.82) is 0 Å². The number of aryl methyl sites for hydroxylation is 1. The van der Waals surface area contributed by atoms with Crippen molar-refractivity contribution in [3.05, 3.63) is 5.82 Å². The molecule has 2 fully saturated rings. The zero-order valence-electron chi connectivity index (χ0n) is 16.0. The monoisotopic (exact) mass is 365 g/mol. The lowest BCUT2D eigenvalue weighted by Crippen LogP contribution is -2.45. The number of likely N-dealkylation sites (tertiary alicyclic amines) is 1. The zero-order chi connectivity index (χ0) is 18.4. The highest BCUT2D eigenvalue weighted by Crippen LogP contribution is 2.16. The maximum absolute atomic E-state index is 12.5. The molecule has 2 aliphatic heterocycles. The van der Waals surface area contributed by atoms with Crippen molar-refractivity contribution in [1.82, 2.24) is 34.9 Å². The van der Waals surface area contributed by atoms with Gasteiger partial charge in [-0.2, -0.15) is 0 Å². The second-order valence-electron chi connectivity index (χ2n) is 7.36. The summed E-state index contributed by atoms with van der Waals surface area (Å²) in [6.07, 6.45) is 4.11. The van der Waals surface area contributed by atoms with Crippen LogP contribution in [0.1, 0.15) is 31.5 Å². The Kier molecular flexibility index (Phi) is 6.93. The lowest BCUT2D eigenvalue weighted by Gasteiger charge is -2.35.